The van der Waals surface area contributed by atoms with Gasteiger partial charge in [0.15, 0.2) is 0 Å². The van der Waals surface area contributed by atoms with Gasteiger partial charge >= 0.3 is 5.97 Å². The van der Waals surface area contributed by atoms with Gasteiger partial charge in [-0.25, -0.2) is 4.98 Å². The topological polar surface area (TPSA) is 79.3 Å². The molecular formula is C16H18N2O3S. The van der Waals surface area contributed by atoms with Crippen molar-refractivity contribution in [1.29, 1.82) is 0 Å². The fourth-order valence-electron chi connectivity index (χ4n) is 1.94. The fraction of sp³-hybridized carbons (Fsp3) is 0.312. The van der Waals surface area contributed by atoms with Crippen molar-refractivity contribution in [2.75, 3.05) is 5.32 Å². The van der Waals surface area contributed by atoms with E-state index in [1.165, 1.54) is 11.3 Å². The van der Waals surface area contributed by atoms with Gasteiger partial charge in [-0.15, -0.1) is 11.3 Å². The number of carbonyl (C=O) groups excluding carboxylic acids is 1. The van der Waals surface area contributed by atoms with E-state index < -0.39 is 5.97 Å². The Kier molecular flexibility index (Phi) is 5.66. The lowest BCUT2D eigenvalue weighted by atomic mass is 10.1. The number of benzene rings is 1. The van der Waals surface area contributed by atoms with Crippen LogP contribution in [0.25, 0.3) is 0 Å². The lowest BCUT2D eigenvalue weighted by molar-refractivity contribution is -0.136. The molecular weight excluding hydrogens is 300 g/mol. The first-order chi connectivity index (χ1) is 10.6. The minimum absolute atomic E-state index is 0.104. The third-order valence-corrected chi connectivity index (χ3v) is 4.14. The molecule has 0 aliphatic carbocycles. The van der Waals surface area contributed by atoms with Crippen LogP contribution in [0, 0.1) is 0 Å². The van der Waals surface area contributed by atoms with E-state index in [-0.39, 0.29) is 12.3 Å². The first kappa shape index (κ1) is 16.2. The molecule has 0 atom stereocenters. The van der Waals surface area contributed by atoms with Crippen molar-refractivity contribution in [2.45, 2.75) is 32.6 Å². The van der Waals surface area contributed by atoms with Crippen LogP contribution in [0.3, 0.4) is 0 Å². The highest BCUT2D eigenvalue weighted by Crippen LogP contribution is 2.17. The van der Waals surface area contributed by atoms with Crippen LogP contribution in [0.1, 0.15) is 40.0 Å². The molecule has 1 aromatic heterocycles. The van der Waals surface area contributed by atoms with E-state index in [4.69, 9.17) is 5.11 Å². The summed E-state index contributed by atoms with van der Waals surface area (Å²) in [7, 11) is 0. The maximum absolute atomic E-state index is 12.1. The summed E-state index contributed by atoms with van der Waals surface area (Å²) >= 11 is 1.41. The average Bonchev–Trinajstić information content (AvgIpc) is 2.96. The predicted octanol–water partition coefficient (Wildman–Crippen LogP) is 3.37. The number of thiazole rings is 1. The van der Waals surface area contributed by atoms with E-state index in [1.807, 2.05) is 12.1 Å². The van der Waals surface area contributed by atoms with Gasteiger partial charge in [0.25, 0.3) is 5.91 Å². The molecule has 0 bridgehead atoms. The molecule has 0 saturated carbocycles. The summed E-state index contributed by atoms with van der Waals surface area (Å²) in [5, 5.41) is 12.4. The summed E-state index contributed by atoms with van der Waals surface area (Å²) in [6.07, 6.45) is 4.08. The number of hydrogen-bond acceptors (Lipinski definition) is 4. The second kappa shape index (κ2) is 7.70. The van der Waals surface area contributed by atoms with Crippen molar-refractivity contribution in [2.24, 2.45) is 0 Å². The van der Waals surface area contributed by atoms with Crippen LogP contribution in [0.15, 0.2) is 30.5 Å². The van der Waals surface area contributed by atoms with E-state index in [0.29, 0.717) is 17.0 Å². The van der Waals surface area contributed by atoms with E-state index in [1.54, 1.807) is 18.3 Å². The van der Waals surface area contributed by atoms with Gasteiger partial charge < -0.3 is 10.4 Å². The van der Waals surface area contributed by atoms with Crippen LogP contribution in [-0.4, -0.2) is 22.0 Å². The number of nitrogens with zero attached hydrogens (tertiary/aromatic N) is 1. The summed E-state index contributed by atoms with van der Waals surface area (Å²) in [5.41, 5.74) is 1.62. The highest BCUT2D eigenvalue weighted by Gasteiger charge is 2.10. The smallest absolute Gasteiger partial charge is 0.303 e. The zero-order chi connectivity index (χ0) is 15.9. The minimum Gasteiger partial charge on any atom is -0.481 e. The fourth-order valence-corrected chi connectivity index (χ4v) is 2.86. The standard InChI is InChI=1S/C16H18N2O3S/c1-2-3-14-17-10-13(22-14)16(21)18-12-7-4-11(5-8-12)6-9-15(19)20/h4-5,7-8,10H,2-3,6,9H2,1H3,(H,18,21)(H,19,20). The Bertz CT molecular complexity index is 650. The van der Waals surface area contributed by atoms with Crippen molar-refractivity contribution in [3.8, 4) is 0 Å². The van der Waals surface area contributed by atoms with Crippen LogP contribution >= 0.6 is 11.3 Å². The summed E-state index contributed by atoms with van der Waals surface area (Å²) in [5.74, 6) is -0.983. The lowest BCUT2D eigenvalue weighted by Crippen LogP contribution is -2.10. The van der Waals surface area contributed by atoms with Gasteiger partial charge in [-0.05, 0) is 37.0 Å². The molecule has 2 aromatic rings. The Balaban J connectivity index is 1.94. The molecule has 1 amide bonds. The Hall–Kier alpha value is -2.21. The molecule has 0 unspecified atom stereocenters. The first-order valence-corrected chi connectivity index (χ1v) is 7.97. The van der Waals surface area contributed by atoms with Crippen LogP contribution in [-0.2, 0) is 17.6 Å². The number of anilines is 1. The highest BCUT2D eigenvalue weighted by atomic mass is 32.1. The normalized spacial score (nSPS) is 10.4. The molecule has 1 heterocycles. The Morgan fingerprint density at radius 1 is 1.23 bits per heavy atom. The maximum Gasteiger partial charge on any atom is 0.303 e. The molecule has 1 aromatic carbocycles. The molecule has 0 spiro atoms. The van der Waals surface area contributed by atoms with Gasteiger partial charge in [-0.2, -0.15) is 0 Å². The van der Waals surface area contributed by atoms with Gasteiger partial charge in [0.05, 0.1) is 11.2 Å². The van der Waals surface area contributed by atoms with E-state index in [2.05, 4.69) is 17.2 Å². The summed E-state index contributed by atoms with van der Waals surface area (Å²) in [6, 6.07) is 7.22. The van der Waals surface area contributed by atoms with Gasteiger partial charge in [-0.1, -0.05) is 19.1 Å². The van der Waals surface area contributed by atoms with E-state index in [9.17, 15) is 9.59 Å². The van der Waals surface area contributed by atoms with Crippen molar-refractivity contribution < 1.29 is 14.7 Å². The van der Waals surface area contributed by atoms with Gasteiger partial charge in [0.2, 0.25) is 0 Å². The lowest BCUT2D eigenvalue weighted by Gasteiger charge is -2.04. The number of carboxylic acids is 1. The number of amides is 1. The van der Waals surface area contributed by atoms with Crippen LogP contribution in [0.5, 0.6) is 0 Å². The van der Waals surface area contributed by atoms with Crippen LogP contribution < -0.4 is 5.32 Å². The van der Waals surface area contributed by atoms with Gasteiger partial charge in [0.1, 0.15) is 4.88 Å². The Morgan fingerprint density at radius 2 is 1.95 bits per heavy atom. The SMILES string of the molecule is CCCc1ncc(C(=O)Nc2ccc(CCC(=O)O)cc2)s1. The number of hydrogen-bond donors (Lipinski definition) is 2. The molecule has 6 heteroatoms. The van der Waals surface area contributed by atoms with Crippen LogP contribution in [0.4, 0.5) is 5.69 Å². The first-order valence-electron chi connectivity index (χ1n) is 7.15. The molecule has 22 heavy (non-hydrogen) atoms. The molecule has 0 aliphatic heterocycles. The van der Waals surface area contributed by atoms with Crippen molar-refractivity contribution >= 4 is 28.9 Å². The maximum atomic E-state index is 12.1. The van der Waals surface area contributed by atoms with E-state index >= 15 is 0 Å². The number of nitrogens with one attached hydrogen (secondary N) is 1. The minimum atomic E-state index is -0.814. The van der Waals surface area contributed by atoms with Gasteiger partial charge in [-0.3, -0.25) is 9.59 Å². The number of aryl methyl sites for hydroxylation is 2. The Labute approximate surface area is 133 Å². The predicted molar refractivity (Wildman–Crippen MR) is 86.5 cm³/mol. The molecule has 2 rings (SSSR count). The number of carbonyl (C=O) groups is 2. The summed E-state index contributed by atoms with van der Waals surface area (Å²) < 4.78 is 0. The monoisotopic (exact) mass is 318 g/mol. The van der Waals surface area contributed by atoms with E-state index in [0.717, 1.165) is 23.4 Å². The quantitative estimate of drug-likeness (QED) is 0.820. The molecule has 2 N–H and O–H groups in total. The summed E-state index contributed by atoms with van der Waals surface area (Å²) in [4.78, 5) is 27.5. The van der Waals surface area contributed by atoms with Crippen molar-refractivity contribution in [3.63, 3.8) is 0 Å². The second-order valence-corrected chi connectivity index (χ2v) is 6.03. The van der Waals surface area contributed by atoms with Gasteiger partial charge in [0, 0.05) is 12.1 Å². The molecule has 0 fully saturated rings. The second-order valence-electron chi connectivity index (χ2n) is 4.91. The van der Waals surface area contributed by atoms with Crippen molar-refractivity contribution in [1.82, 2.24) is 4.98 Å². The zero-order valence-electron chi connectivity index (χ0n) is 12.3. The summed E-state index contributed by atoms with van der Waals surface area (Å²) in [6.45, 7) is 2.08. The highest BCUT2D eigenvalue weighted by molar-refractivity contribution is 7.13. The molecule has 0 aliphatic rings. The average molecular weight is 318 g/mol. The van der Waals surface area contributed by atoms with Crippen molar-refractivity contribution in [3.05, 3.63) is 45.9 Å². The third-order valence-electron chi connectivity index (χ3n) is 3.08. The number of aliphatic carboxylic acids is 1. The number of rotatable bonds is 7. The third kappa shape index (κ3) is 4.66. The molecule has 116 valence electrons. The largest absolute Gasteiger partial charge is 0.481 e. The number of aromatic nitrogens is 1. The zero-order valence-corrected chi connectivity index (χ0v) is 13.2. The van der Waals surface area contributed by atoms with Crippen LogP contribution in [0.2, 0.25) is 0 Å². The number of carboxylic acid groups (broad SMARTS) is 1. The Morgan fingerprint density at radius 3 is 2.59 bits per heavy atom. The molecule has 5 nitrogen and oxygen atoms in total. The molecule has 0 saturated heterocycles. The molecule has 0 radical (unpaired) electrons.